The molecule has 0 saturated heterocycles. The van der Waals surface area contributed by atoms with Crippen LogP contribution in [-0.4, -0.2) is 74.2 Å². The maximum Gasteiger partial charge on any atom is 0.274 e. The van der Waals surface area contributed by atoms with Crippen LogP contribution in [0.3, 0.4) is 0 Å². The average molecular weight is 303 g/mol. The predicted molar refractivity (Wildman–Crippen MR) is 94.1 cm³/mol. The number of nitrogens with zero attached hydrogens (tertiary/aromatic N) is 2. The van der Waals surface area contributed by atoms with E-state index in [1.54, 1.807) is 24.3 Å². The van der Waals surface area contributed by atoms with E-state index in [1.165, 1.54) is 6.07 Å². The number of hydrogen-bond acceptors (Lipinski definition) is 5. The molecule has 5 nitrogen and oxygen atoms in total. The van der Waals surface area contributed by atoms with Crippen LogP contribution in [0.4, 0.5) is 0 Å². The van der Waals surface area contributed by atoms with Crippen molar-refractivity contribution in [1.82, 2.24) is 10.2 Å². The third-order valence-electron chi connectivity index (χ3n) is 2.63. The standard InChI is InChI=1S/C13H6B6N2O3/c14-12(15,16)23-10-5-9(8-3-1-7(6-22)2-4-8)20-21-11(10)24-13(17,18)19/h1-6H. The van der Waals surface area contributed by atoms with Crippen molar-refractivity contribution in [2.45, 2.75) is 10.6 Å². The lowest BCUT2D eigenvalue weighted by Crippen LogP contribution is -2.40. The second kappa shape index (κ2) is 6.83. The summed E-state index contributed by atoms with van der Waals surface area (Å²) in [5.74, 6) is -0.320. The van der Waals surface area contributed by atoms with Gasteiger partial charge in [-0.2, -0.15) is 0 Å². The van der Waals surface area contributed by atoms with Gasteiger partial charge in [0.2, 0.25) is 0 Å². The molecule has 0 N–H and O–H groups in total. The Labute approximate surface area is 147 Å². The lowest BCUT2D eigenvalue weighted by Gasteiger charge is -2.28. The molecule has 12 radical (unpaired) electrons. The highest BCUT2D eigenvalue weighted by Gasteiger charge is 2.21. The second-order valence-electron chi connectivity index (χ2n) is 5.05. The van der Waals surface area contributed by atoms with E-state index in [0.29, 0.717) is 16.8 Å². The Morgan fingerprint density at radius 3 is 1.96 bits per heavy atom. The number of carbonyl (C=O) groups is 1. The van der Waals surface area contributed by atoms with E-state index in [-0.39, 0.29) is 11.6 Å². The SMILES string of the molecule is [B]C([B])([B])Oc1cc(-c2ccc(C=O)cc2)nnc1OC([B])([B])[B]. The van der Waals surface area contributed by atoms with Gasteiger partial charge in [0.05, 0.1) is 5.69 Å². The first-order valence-electron chi connectivity index (χ1n) is 6.62. The Hall–Kier alpha value is -2.04. The van der Waals surface area contributed by atoms with E-state index in [4.69, 9.17) is 56.6 Å². The first-order chi connectivity index (χ1) is 11.1. The number of aldehydes is 1. The molecule has 0 saturated carbocycles. The van der Waals surface area contributed by atoms with Crippen LogP contribution in [0.25, 0.3) is 11.3 Å². The molecule has 0 unspecified atom stereocenters. The van der Waals surface area contributed by atoms with Crippen molar-refractivity contribution in [2.75, 3.05) is 0 Å². The van der Waals surface area contributed by atoms with E-state index in [0.717, 1.165) is 6.29 Å². The fourth-order valence-corrected chi connectivity index (χ4v) is 1.74. The lowest BCUT2D eigenvalue weighted by molar-refractivity contribution is 0.112. The molecule has 0 fully saturated rings. The largest absolute Gasteiger partial charge is 0.511 e. The number of carbonyl (C=O) groups excluding carboxylic acids is 1. The summed E-state index contributed by atoms with van der Waals surface area (Å²) >= 11 is 0. The zero-order valence-corrected chi connectivity index (χ0v) is 12.5. The highest BCUT2D eigenvalue weighted by atomic mass is 16.5. The van der Waals surface area contributed by atoms with Crippen molar-refractivity contribution in [1.29, 1.82) is 0 Å². The summed E-state index contributed by atoms with van der Waals surface area (Å²) in [6.07, 6.45) is 0.718. The monoisotopic (exact) mass is 304 g/mol. The number of aromatic nitrogens is 2. The van der Waals surface area contributed by atoms with Crippen LogP contribution in [0.5, 0.6) is 11.6 Å². The van der Waals surface area contributed by atoms with Crippen LogP contribution in [0, 0.1) is 0 Å². The highest BCUT2D eigenvalue weighted by molar-refractivity contribution is 6.59. The molecular formula is C13H6B6N2O3. The molecule has 0 spiro atoms. The molecule has 0 amide bonds. The maximum absolute atomic E-state index is 10.7. The molecule has 104 valence electrons. The Morgan fingerprint density at radius 1 is 0.875 bits per heavy atom. The summed E-state index contributed by atoms with van der Waals surface area (Å²) in [4.78, 5) is 10.7. The van der Waals surface area contributed by atoms with Crippen LogP contribution in [-0.2, 0) is 0 Å². The van der Waals surface area contributed by atoms with E-state index in [2.05, 4.69) is 10.2 Å². The zero-order valence-electron chi connectivity index (χ0n) is 12.5. The number of ether oxygens (including phenoxy) is 2. The Balaban J connectivity index is 2.43. The second-order valence-corrected chi connectivity index (χ2v) is 5.05. The van der Waals surface area contributed by atoms with Crippen LogP contribution in [0.1, 0.15) is 10.4 Å². The Morgan fingerprint density at radius 2 is 1.46 bits per heavy atom. The summed E-state index contributed by atoms with van der Waals surface area (Å²) < 4.78 is 10.2. The average Bonchev–Trinajstić information content (AvgIpc) is 2.46. The van der Waals surface area contributed by atoms with E-state index in [9.17, 15) is 4.79 Å². The van der Waals surface area contributed by atoms with Crippen molar-refractivity contribution >= 4 is 53.4 Å². The third-order valence-corrected chi connectivity index (χ3v) is 2.63. The van der Waals surface area contributed by atoms with E-state index >= 15 is 0 Å². The normalized spacial score (nSPS) is 11.7. The van der Waals surface area contributed by atoms with E-state index < -0.39 is 10.6 Å². The fourth-order valence-electron chi connectivity index (χ4n) is 1.74. The van der Waals surface area contributed by atoms with Gasteiger partial charge in [-0.15, -0.1) is 10.2 Å². The van der Waals surface area contributed by atoms with Crippen LogP contribution >= 0.6 is 0 Å². The first-order valence-corrected chi connectivity index (χ1v) is 6.62. The zero-order chi connectivity index (χ0) is 18.0. The van der Waals surface area contributed by atoms with Gasteiger partial charge in [-0.1, -0.05) is 24.3 Å². The van der Waals surface area contributed by atoms with Crippen LogP contribution in [0.2, 0.25) is 0 Å². The Kier molecular flexibility index (Phi) is 5.21. The number of hydrogen-bond donors (Lipinski definition) is 0. The molecule has 0 aliphatic rings. The van der Waals surface area contributed by atoms with Gasteiger partial charge in [-0.3, -0.25) is 4.79 Å². The molecule has 1 heterocycles. The summed E-state index contributed by atoms with van der Waals surface area (Å²) in [6, 6.07) is 7.96. The smallest absolute Gasteiger partial charge is 0.274 e. The minimum Gasteiger partial charge on any atom is -0.511 e. The van der Waals surface area contributed by atoms with Crippen molar-refractivity contribution < 1.29 is 14.3 Å². The molecule has 1 aromatic carbocycles. The lowest BCUT2D eigenvalue weighted by atomic mass is 9.52. The summed E-state index contributed by atoms with van der Waals surface area (Å²) in [5.41, 5.74) is 1.52. The Bertz CT molecular complexity index is 728. The van der Waals surface area contributed by atoms with Crippen LogP contribution in [0.15, 0.2) is 30.3 Å². The molecule has 0 aliphatic carbocycles. The molecule has 2 aromatic rings. The minimum absolute atomic E-state index is 0.0716. The molecule has 0 aliphatic heterocycles. The first kappa shape index (κ1) is 18.3. The number of rotatable bonds is 6. The number of benzene rings is 1. The van der Waals surface area contributed by atoms with Crippen LogP contribution < -0.4 is 9.47 Å². The summed E-state index contributed by atoms with van der Waals surface area (Å²) in [7, 11) is 32.4. The van der Waals surface area contributed by atoms with Gasteiger partial charge in [-0.05, 0) is 10.6 Å². The molecule has 1 aromatic heterocycles. The summed E-state index contributed by atoms with van der Waals surface area (Å²) in [6.45, 7) is 0. The van der Waals surface area contributed by atoms with Gasteiger partial charge in [0.15, 0.2) is 5.75 Å². The molecule has 0 atom stereocenters. The van der Waals surface area contributed by atoms with Gasteiger partial charge in [0.1, 0.15) is 53.4 Å². The molecule has 24 heavy (non-hydrogen) atoms. The van der Waals surface area contributed by atoms with Gasteiger partial charge in [0.25, 0.3) is 5.88 Å². The molecule has 2 rings (SSSR count). The summed E-state index contributed by atoms with van der Waals surface area (Å²) in [5, 5.41) is 3.70. The van der Waals surface area contributed by atoms with Gasteiger partial charge >= 0.3 is 0 Å². The molecule has 0 bridgehead atoms. The molecule has 11 heteroatoms. The van der Waals surface area contributed by atoms with Gasteiger partial charge < -0.3 is 9.47 Å². The highest BCUT2D eigenvalue weighted by Crippen LogP contribution is 2.31. The van der Waals surface area contributed by atoms with E-state index in [1.807, 2.05) is 0 Å². The van der Waals surface area contributed by atoms with Crippen molar-refractivity contribution in [3.63, 3.8) is 0 Å². The molecular weight excluding hydrogens is 297 g/mol. The maximum atomic E-state index is 10.7. The van der Waals surface area contributed by atoms with Crippen molar-refractivity contribution in [3.05, 3.63) is 35.9 Å². The minimum atomic E-state index is -2.03. The third kappa shape index (κ3) is 5.25. The fraction of sp³-hybridized carbons (Fsp3) is 0.154. The van der Waals surface area contributed by atoms with Crippen molar-refractivity contribution in [3.8, 4) is 22.9 Å². The topological polar surface area (TPSA) is 61.3 Å². The van der Waals surface area contributed by atoms with Gasteiger partial charge in [0, 0.05) is 17.2 Å². The van der Waals surface area contributed by atoms with Gasteiger partial charge in [-0.25, -0.2) is 0 Å². The predicted octanol–water partition coefficient (Wildman–Crippen LogP) is -1.05. The van der Waals surface area contributed by atoms with Crippen molar-refractivity contribution in [2.24, 2.45) is 0 Å². The quantitative estimate of drug-likeness (QED) is 0.503.